The van der Waals surface area contributed by atoms with E-state index in [4.69, 9.17) is 16.3 Å². The third-order valence-corrected chi connectivity index (χ3v) is 22.1. The maximum absolute atomic E-state index is 15.4. The first-order valence-corrected chi connectivity index (χ1v) is 36.2. The van der Waals surface area contributed by atoms with Crippen molar-refractivity contribution in [1.29, 1.82) is 0 Å². The molecule has 2 aliphatic carbocycles. The largest absolute Gasteiger partial charge is 0.417 e. The smallest absolute Gasteiger partial charge is 0.379 e. The number of amides is 12. The number of rotatable bonds is 11. The van der Waals surface area contributed by atoms with Crippen LogP contribution in [0.4, 0.5) is 13.2 Å². The van der Waals surface area contributed by atoms with Gasteiger partial charge < -0.3 is 64.8 Å². The molecule has 6 fully saturated rings. The molecule has 0 bridgehead atoms. The first-order chi connectivity index (χ1) is 47.0. The number of fused-ring (bicyclic) bond motifs is 2. The van der Waals surface area contributed by atoms with Crippen molar-refractivity contribution < 1.29 is 75.4 Å². The second-order valence-electron chi connectivity index (χ2n) is 29.5. The molecule has 12 amide bonds. The lowest BCUT2D eigenvalue weighted by Gasteiger charge is -2.45. The summed E-state index contributed by atoms with van der Waals surface area (Å²) in [5, 5.41) is 8.02. The summed E-state index contributed by atoms with van der Waals surface area (Å²) >= 11 is 6.15. The molecule has 2 saturated carbocycles. The maximum Gasteiger partial charge on any atom is 0.417 e. The van der Waals surface area contributed by atoms with Crippen LogP contribution in [-0.4, -0.2) is 263 Å². The first-order valence-electron chi connectivity index (χ1n) is 35.8. The number of aryl methyl sites for hydroxylation is 1. The number of likely N-dealkylation sites (tertiary alicyclic amines) is 1. The Morgan fingerprint density at radius 3 is 1.86 bits per heavy atom. The number of carbonyl (C=O) groups is 12. The maximum atomic E-state index is 15.4. The monoisotopic (exact) mass is 1430 g/mol. The van der Waals surface area contributed by atoms with Crippen LogP contribution in [0.25, 0.3) is 0 Å². The molecule has 1 spiro atoms. The number of nitrogens with zero attached hydrogens (tertiary/aromatic N) is 9. The highest BCUT2D eigenvalue weighted by Gasteiger charge is 2.52. The van der Waals surface area contributed by atoms with Crippen molar-refractivity contribution in [3.63, 3.8) is 0 Å². The van der Waals surface area contributed by atoms with Gasteiger partial charge in [0.05, 0.1) is 29.7 Å². The number of alkyl halides is 3. The van der Waals surface area contributed by atoms with Crippen LogP contribution < -0.4 is 16.0 Å². The standard InChI is InChI=1S/C71H108ClF3N12O13/c1-42(2)37-53-60(90)77-58(45(6)100-13)67(97)80(8)44(5)62(92)87-36-30-52(87)65(95)82(10)54(39-46-23-16-14-17-24-46)64(94)79(7)41-56(88)76-50(29-27-47-26-28-48(49(72)38-47)71(73,74)75)63(93)86-35-22-25-51(86)61(91)78-70(31-18-19-32-70)69(99)84(12)59(43(3)4)68(98)83(11)55(40-57(89)81(53)9)66(96)85-33-20-15-21-34-85/h26,28,38,42-46,50-55,58-59H,14-25,27,29-37,39-41H2,1-13H3,(H,76,88)(H,77,90)(H,78,91)/t44-,45+,50-,51-,52-,53-,54-,55-,58-,59-/m0/s1. The van der Waals surface area contributed by atoms with Crippen LogP contribution in [0.1, 0.15) is 175 Å². The summed E-state index contributed by atoms with van der Waals surface area (Å²) in [7, 11) is 9.82. The van der Waals surface area contributed by atoms with Crippen molar-refractivity contribution >= 4 is 82.5 Å². The number of ether oxygens (including phenoxy) is 1. The Morgan fingerprint density at radius 2 is 1.28 bits per heavy atom. The quantitative estimate of drug-likeness (QED) is 0.263. The highest BCUT2D eigenvalue weighted by molar-refractivity contribution is 6.31. The molecular formula is C71H108ClF3N12O13. The van der Waals surface area contributed by atoms with Crippen LogP contribution in [-0.2, 0) is 74.9 Å². The van der Waals surface area contributed by atoms with Crippen molar-refractivity contribution in [1.82, 2.24) is 60.0 Å². The second-order valence-corrected chi connectivity index (χ2v) is 29.9. The highest BCUT2D eigenvalue weighted by atomic mass is 35.5. The molecular weight excluding hydrogens is 1320 g/mol. The van der Waals surface area contributed by atoms with Gasteiger partial charge in [-0.1, -0.05) is 90.3 Å². The predicted molar refractivity (Wildman–Crippen MR) is 366 cm³/mol. The summed E-state index contributed by atoms with van der Waals surface area (Å²) in [5.41, 5.74) is -2.37. The van der Waals surface area contributed by atoms with Gasteiger partial charge in [0.2, 0.25) is 70.9 Å². The fourth-order valence-electron chi connectivity index (χ4n) is 15.3. The van der Waals surface area contributed by atoms with Gasteiger partial charge in [0.15, 0.2) is 0 Å². The summed E-state index contributed by atoms with van der Waals surface area (Å²) < 4.78 is 47.3. The number of likely N-dealkylation sites (N-methyl/N-ethyl adjacent to an activating group) is 6. The lowest BCUT2D eigenvalue weighted by molar-refractivity contribution is -0.160. The van der Waals surface area contributed by atoms with Crippen molar-refractivity contribution in [2.75, 3.05) is 82.1 Å². The molecule has 558 valence electrons. The number of methoxy groups -OCH3 is 1. The number of carbonyl (C=O) groups excluding carboxylic acids is 12. The summed E-state index contributed by atoms with van der Waals surface area (Å²) in [4.78, 5) is 191. The number of halogens is 4. The Morgan fingerprint density at radius 1 is 0.650 bits per heavy atom. The predicted octanol–water partition coefficient (Wildman–Crippen LogP) is 5.02. The third kappa shape index (κ3) is 18.8. The van der Waals surface area contributed by atoms with Crippen LogP contribution in [0, 0.1) is 17.8 Å². The molecule has 25 nitrogen and oxygen atoms in total. The molecule has 1 aromatic carbocycles. The molecule has 1 aromatic rings. The zero-order chi connectivity index (χ0) is 74.0. The van der Waals surface area contributed by atoms with Gasteiger partial charge in [-0.2, -0.15) is 13.2 Å². The van der Waals surface area contributed by atoms with Crippen molar-refractivity contribution in [3.8, 4) is 0 Å². The van der Waals surface area contributed by atoms with Crippen LogP contribution >= 0.6 is 11.6 Å². The van der Waals surface area contributed by atoms with Gasteiger partial charge in [-0.05, 0) is 126 Å². The van der Waals surface area contributed by atoms with Crippen LogP contribution in [0.5, 0.6) is 0 Å². The Kier molecular flexibility index (Phi) is 27.8. The van der Waals surface area contributed by atoms with Crippen LogP contribution in [0.15, 0.2) is 18.2 Å². The fourth-order valence-corrected chi connectivity index (χ4v) is 15.7. The molecule has 3 N–H and O–H groups in total. The Labute approximate surface area is 591 Å². The van der Waals surface area contributed by atoms with Crippen molar-refractivity contribution in [2.24, 2.45) is 17.8 Å². The molecule has 100 heavy (non-hydrogen) atoms. The van der Waals surface area contributed by atoms with Gasteiger partial charge in [-0.3, -0.25) is 57.5 Å². The minimum atomic E-state index is -4.76. The zero-order valence-corrected chi connectivity index (χ0v) is 61.5. The minimum Gasteiger partial charge on any atom is -0.379 e. The van der Waals surface area contributed by atoms with E-state index in [-0.39, 0.29) is 76.3 Å². The zero-order valence-electron chi connectivity index (χ0n) is 60.8. The van der Waals surface area contributed by atoms with E-state index in [9.17, 15) is 51.5 Å². The summed E-state index contributed by atoms with van der Waals surface area (Å²) in [6.45, 7) is 10.4. The first kappa shape index (κ1) is 80.2. The van der Waals surface area contributed by atoms with Crippen molar-refractivity contribution in [3.05, 3.63) is 34.3 Å². The van der Waals surface area contributed by atoms with E-state index < -0.39 is 173 Å². The van der Waals surface area contributed by atoms with Gasteiger partial charge in [0.25, 0.3) is 0 Å². The van der Waals surface area contributed by atoms with Crippen LogP contribution in [0.3, 0.4) is 0 Å². The average molecular weight is 1430 g/mol. The van der Waals surface area contributed by atoms with Gasteiger partial charge in [0.1, 0.15) is 59.9 Å². The molecule has 29 heteroatoms. The molecule has 4 heterocycles. The molecule has 6 aliphatic rings. The van der Waals surface area contributed by atoms with E-state index in [0.29, 0.717) is 50.8 Å². The lowest BCUT2D eigenvalue weighted by atomic mass is 9.84. The molecule has 4 saturated heterocycles. The van der Waals surface area contributed by atoms with E-state index >= 15 is 19.2 Å². The Bertz CT molecular complexity index is 3160. The normalized spacial score (nSPS) is 27.8. The number of hydrogen-bond acceptors (Lipinski definition) is 13. The molecule has 7 rings (SSSR count). The van der Waals surface area contributed by atoms with E-state index in [2.05, 4.69) is 16.0 Å². The number of piperidine rings is 1. The number of hydrogen-bond donors (Lipinski definition) is 3. The lowest BCUT2D eigenvalue weighted by Crippen LogP contribution is -2.65. The summed E-state index contributed by atoms with van der Waals surface area (Å²) in [6.07, 6.45) is 2.14. The third-order valence-electron chi connectivity index (χ3n) is 21.8. The molecule has 0 aromatic heterocycles. The van der Waals surface area contributed by atoms with Gasteiger partial charge in [-0.15, -0.1) is 0 Å². The topological polar surface area (TPSA) is 279 Å². The van der Waals surface area contributed by atoms with E-state index in [1.165, 1.54) is 91.8 Å². The SMILES string of the molecule is CO[C@H](C)[C@@H]1NC(=O)[C@H](CC(C)C)N(C)C(=O)C[C@@H](C(=O)N2CCCCC2)N(C)C(=O)[C@H](C(C)C)N(C)C(=O)C2(CCCC2)NC(=O)[C@@H]2CCCN2C(=O)[C@H](CCc2ccc(C(F)(F)F)c(Cl)c2)NC(=O)CN(C)C(=O)[C@H](CC2CCCCC2)N(C)C(=O)[C@@H]2CCN2C(=O)[C@H](C)N(C)C1=O. The number of nitrogens with one attached hydrogen (secondary N) is 3. The number of benzene rings is 1. The Hall–Kier alpha value is -7.10. The van der Waals surface area contributed by atoms with Gasteiger partial charge in [0, 0.05) is 75.6 Å². The van der Waals surface area contributed by atoms with E-state index in [1.807, 2.05) is 13.8 Å². The summed E-state index contributed by atoms with van der Waals surface area (Å²) in [6, 6.07) is -8.27. The summed E-state index contributed by atoms with van der Waals surface area (Å²) in [5.74, 6) is -8.81. The molecule has 0 radical (unpaired) electrons. The van der Waals surface area contributed by atoms with E-state index in [1.54, 1.807) is 25.7 Å². The van der Waals surface area contributed by atoms with Gasteiger partial charge in [-0.25, -0.2) is 0 Å². The Balaban J connectivity index is 1.29. The highest BCUT2D eigenvalue weighted by Crippen LogP contribution is 2.38. The van der Waals surface area contributed by atoms with Crippen LogP contribution in [0.2, 0.25) is 5.02 Å². The minimum absolute atomic E-state index is 0.0127. The van der Waals surface area contributed by atoms with Crippen molar-refractivity contribution in [2.45, 2.75) is 242 Å². The van der Waals surface area contributed by atoms with E-state index in [0.717, 1.165) is 60.5 Å². The molecule has 4 aliphatic heterocycles. The molecule has 0 unspecified atom stereocenters. The fraction of sp³-hybridized carbons (Fsp3) is 0.746. The molecule has 10 atom stereocenters. The van der Waals surface area contributed by atoms with Gasteiger partial charge >= 0.3 is 6.18 Å². The average Bonchev–Trinajstić information content (AvgIpc) is 1.14. The second kappa shape index (κ2) is 34.7.